The molecule has 5 nitrogen and oxygen atoms in total. The molecule has 0 bridgehead atoms. The van der Waals surface area contributed by atoms with Crippen LogP contribution < -0.4 is 0 Å². The van der Waals surface area contributed by atoms with Crippen LogP contribution in [-0.4, -0.2) is 45.7 Å². The number of carbonyl (C=O) groups excluding carboxylic acids is 1. The van der Waals surface area contributed by atoms with E-state index in [1.165, 1.54) is 4.90 Å². The second-order valence-electron chi connectivity index (χ2n) is 5.45. The number of amides is 1. The van der Waals surface area contributed by atoms with Gasteiger partial charge in [-0.1, -0.05) is 35.0 Å². The van der Waals surface area contributed by atoms with Gasteiger partial charge in [-0.05, 0) is 23.6 Å². The van der Waals surface area contributed by atoms with Crippen LogP contribution >= 0.6 is 15.9 Å². The Morgan fingerprint density at radius 2 is 2.00 bits per heavy atom. The van der Waals surface area contributed by atoms with Crippen molar-refractivity contribution in [2.24, 2.45) is 0 Å². The average molecular weight is 356 g/mol. The van der Waals surface area contributed by atoms with Crippen molar-refractivity contribution in [2.45, 2.75) is 37.8 Å². The van der Waals surface area contributed by atoms with Gasteiger partial charge in [0.1, 0.15) is 6.04 Å². The summed E-state index contributed by atoms with van der Waals surface area (Å²) >= 11 is 3.36. The highest BCUT2D eigenvalue weighted by atomic mass is 79.9. The van der Waals surface area contributed by atoms with Crippen LogP contribution in [-0.2, 0) is 9.59 Å². The first-order valence-corrected chi connectivity index (χ1v) is 7.63. The standard InChI is InChI=1S/C15H18BrNO4/c1-9(10-2-4-11(16)5-3-10)6-14(19)17-8-12(18)7-13(17)15(20)21/h2-5,9,12-13,18H,6-8H2,1H3,(H,20,21)/t9?,12-,13-/m0/s1. The van der Waals surface area contributed by atoms with Gasteiger partial charge in [-0.2, -0.15) is 0 Å². The van der Waals surface area contributed by atoms with Gasteiger partial charge in [0.15, 0.2) is 0 Å². The zero-order valence-electron chi connectivity index (χ0n) is 11.7. The summed E-state index contributed by atoms with van der Waals surface area (Å²) in [5, 5.41) is 18.7. The molecule has 114 valence electrons. The van der Waals surface area contributed by atoms with Gasteiger partial charge in [-0.25, -0.2) is 4.79 Å². The molecule has 3 atom stereocenters. The van der Waals surface area contributed by atoms with Crippen molar-refractivity contribution in [1.82, 2.24) is 4.90 Å². The smallest absolute Gasteiger partial charge is 0.326 e. The molecular formula is C15H18BrNO4. The summed E-state index contributed by atoms with van der Waals surface area (Å²) in [6, 6.07) is 6.79. The highest BCUT2D eigenvalue weighted by Gasteiger charge is 2.38. The number of aliphatic hydroxyl groups excluding tert-OH is 1. The van der Waals surface area contributed by atoms with E-state index in [0.29, 0.717) is 0 Å². The Morgan fingerprint density at radius 3 is 2.57 bits per heavy atom. The van der Waals surface area contributed by atoms with E-state index >= 15 is 0 Å². The third-order valence-electron chi connectivity index (χ3n) is 3.80. The molecule has 1 aliphatic heterocycles. The van der Waals surface area contributed by atoms with Gasteiger partial charge in [0.2, 0.25) is 5.91 Å². The lowest BCUT2D eigenvalue weighted by Gasteiger charge is -2.23. The number of carboxylic acids is 1. The number of carbonyl (C=O) groups is 2. The molecule has 1 saturated heterocycles. The average Bonchev–Trinajstić information content (AvgIpc) is 2.82. The molecule has 1 aromatic rings. The molecule has 1 unspecified atom stereocenters. The van der Waals surface area contributed by atoms with E-state index in [0.717, 1.165) is 10.0 Å². The Kier molecular flexibility index (Phi) is 5.00. The first kappa shape index (κ1) is 16.0. The molecule has 1 heterocycles. The topological polar surface area (TPSA) is 77.8 Å². The summed E-state index contributed by atoms with van der Waals surface area (Å²) in [5.41, 5.74) is 1.03. The molecule has 2 N–H and O–H groups in total. The number of aliphatic hydroxyl groups is 1. The number of halogens is 1. The fourth-order valence-corrected chi connectivity index (χ4v) is 2.88. The number of nitrogens with zero attached hydrogens (tertiary/aromatic N) is 1. The van der Waals surface area contributed by atoms with Gasteiger partial charge in [0.25, 0.3) is 0 Å². The normalized spacial score (nSPS) is 23.1. The predicted octanol–water partition coefficient (Wildman–Crippen LogP) is 1.99. The van der Waals surface area contributed by atoms with Crippen LogP contribution in [0.5, 0.6) is 0 Å². The maximum Gasteiger partial charge on any atom is 0.326 e. The van der Waals surface area contributed by atoms with E-state index in [1.807, 2.05) is 31.2 Å². The lowest BCUT2D eigenvalue weighted by atomic mass is 9.97. The molecule has 1 aromatic carbocycles. The molecule has 21 heavy (non-hydrogen) atoms. The van der Waals surface area contributed by atoms with Gasteiger partial charge in [-0.3, -0.25) is 4.79 Å². The van der Waals surface area contributed by atoms with Gasteiger partial charge in [0, 0.05) is 23.9 Å². The number of β-amino-alcohol motifs (C(OH)–C–C–N with tert-alkyl or cyclic N) is 1. The number of benzene rings is 1. The Labute approximate surface area is 131 Å². The summed E-state index contributed by atoms with van der Waals surface area (Å²) in [7, 11) is 0. The number of aliphatic carboxylic acids is 1. The van der Waals surface area contributed by atoms with Gasteiger partial charge < -0.3 is 15.1 Å². The first-order chi connectivity index (χ1) is 9.88. The van der Waals surface area contributed by atoms with E-state index in [-0.39, 0.29) is 31.2 Å². The van der Waals surface area contributed by atoms with E-state index in [1.54, 1.807) is 0 Å². The second kappa shape index (κ2) is 6.58. The largest absolute Gasteiger partial charge is 0.480 e. The van der Waals surface area contributed by atoms with Gasteiger partial charge in [-0.15, -0.1) is 0 Å². The summed E-state index contributed by atoms with van der Waals surface area (Å²) in [4.78, 5) is 24.7. The molecular weight excluding hydrogens is 338 g/mol. The summed E-state index contributed by atoms with van der Waals surface area (Å²) in [5.74, 6) is -1.29. The molecule has 0 saturated carbocycles. The van der Waals surface area contributed by atoms with Crippen LogP contribution in [0.3, 0.4) is 0 Å². The minimum absolute atomic E-state index is 0.00205. The van der Waals surface area contributed by atoms with Crippen molar-refractivity contribution in [3.05, 3.63) is 34.3 Å². The fraction of sp³-hybridized carbons (Fsp3) is 0.467. The van der Waals surface area contributed by atoms with Gasteiger partial charge in [0.05, 0.1) is 6.10 Å². The summed E-state index contributed by atoms with van der Waals surface area (Å²) < 4.78 is 0.971. The quantitative estimate of drug-likeness (QED) is 0.865. The van der Waals surface area contributed by atoms with Crippen molar-refractivity contribution in [2.75, 3.05) is 6.54 Å². The molecule has 6 heteroatoms. The number of hydrogen-bond donors (Lipinski definition) is 2. The lowest BCUT2D eigenvalue weighted by Crippen LogP contribution is -2.41. The number of likely N-dealkylation sites (tertiary alicyclic amines) is 1. The highest BCUT2D eigenvalue weighted by Crippen LogP contribution is 2.25. The van der Waals surface area contributed by atoms with E-state index in [2.05, 4.69) is 15.9 Å². The van der Waals surface area contributed by atoms with Crippen LogP contribution in [0.15, 0.2) is 28.7 Å². The van der Waals surface area contributed by atoms with E-state index < -0.39 is 18.1 Å². The fourth-order valence-electron chi connectivity index (χ4n) is 2.61. The van der Waals surface area contributed by atoms with Crippen LogP contribution in [0.2, 0.25) is 0 Å². The number of rotatable bonds is 4. The van der Waals surface area contributed by atoms with Crippen LogP contribution in [0.1, 0.15) is 31.2 Å². The van der Waals surface area contributed by atoms with Gasteiger partial charge >= 0.3 is 5.97 Å². The Morgan fingerprint density at radius 1 is 1.38 bits per heavy atom. The van der Waals surface area contributed by atoms with Crippen molar-refractivity contribution in [3.8, 4) is 0 Å². The summed E-state index contributed by atoms with van der Waals surface area (Å²) in [6.45, 7) is 2.03. The third kappa shape index (κ3) is 3.83. The predicted molar refractivity (Wildman–Crippen MR) is 80.9 cm³/mol. The second-order valence-corrected chi connectivity index (χ2v) is 6.36. The monoisotopic (exact) mass is 355 g/mol. The minimum Gasteiger partial charge on any atom is -0.480 e. The zero-order valence-corrected chi connectivity index (χ0v) is 13.3. The third-order valence-corrected chi connectivity index (χ3v) is 4.33. The minimum atomic E-state index is -1.06. The maximum absolute atomic E-state index is 12.3. The van der Waals surface area contributed by atoms with Crippen molar-refractivity contribution < 1.29 is 19.8 Å². The molecule has 0 radical (unpaired) electrons. The molecule has 0 spiro atoms. The number of carboxylic acid groups (broad SMARTS) is 1. The van der Waals surface area contributed by atoms with Crippen LogP contribution in [0.4, 0.5) is 0 Å². The molecule has 1 amide bonds. The maximum atomic E-state index is 12.3. The molecule has 1 aliphatic rings. The summed E-state index contributed by atoms with van der Waals surface area (Å²) in [6.07, 6.45) is -0.413. The molecule has 0 aromatic heterocycles. The van der Waals surface area contributed by atoms with Crippen LogP contribution in [0.25, 0.3) is 0 Å². The van der Waals surface area contributed by atoms with Crippen molar-refractivity contribution in [1.29, 1.82) is 0 Å². The van der Waals surface area contributed by atoms with E-state index in [9.17, 15) is 14.7 Å². The molecule has 2 rings (SSSR count). The Hall–Kier alpha value is -1.40. The van der Waals surface area contributed by atoms with Crippen molar-refractivity contribution in [3.63, 3.8) is 0 Å². The zero-order chi connectivity index (χ0) is 15.6. The molecule has 0 aliphatic carbocycles. The van der Waals surface area contributed by atoms with Crippen LogP contribution in [0, 0.1) is 0 Å². The van der Waals surface area contributed by atoms with Crippen molar-refractivity contribution >= 4 is 27.8 Å². The first-order valence-electron chi connectivity index (χ1n) is 6.84. The Balaban J connectivity index is 2.03. The van der Waals surface area contributed by atoms with E-state index in [4.69, 9.17) is 5.11 Å². The Bertz CT molecular complexity index is 531. The molecule has 1 fully saturated rings. The number of hydrogen-bond acceptors (Lipinski definition) is 3. The lowest BCUT2D eigenvalue weighted by molar-refractivity contribution is -0.148. The highest BCUT2D eigenvalue weighted by molar-refractivity contribution is 9.10. The SMILES string of the molecule is CC(CC(=O)N1C[C@@H](O)C[C@H]1C(=O)O)c1ccc(Br)cc1.